The molecule has 2 rings (SSSR count). The second-order valence-corrected chi connectivity index (χ2v) is 6.01. The van der Waals surface area contributed by atoms with E-state index in [2.05, 4.69) is 21.7 Å². The van der Waals surface area contributed by atoms with Gasteiger partial charge in [0.25, 0.3) is 0 Å². The Kier molecular flexibility index (Phi) is 7.79. The number of hydrogen-bond acceptors (Lipinski definition) is 9. The Balaban J connectivity index is 2.47. The van der Waals surface area contributed by atoms with E-state index in [1.54, 1.807) is 25.1 Å². The third-order valence-corrected chi connectivity index (χ3v) is 3.62. The minimum Gasteiger partial charge on any atom is -0.481 e. The van der Waals surface area contributed by atoms with Gasteiger partial charge in [-0.3, -0.25) is 0 Å². The van der Waals surface area contributed by atoms with Crippen LogP contribution in [0.2, 0.25) is 0 Å². The van der Waals surface area contributed by atoms with Gasteiger partial charge in [0.2, 0.25) is 11.8 Å². The van der Waals surface area contributed by atoms with Gasteiger partial charge in [-0.25, -0.2) is 4.79 Å². The van der Waals surface area contributed by atoms with Crippen molar-refractivity contribution < 1.29 is 28.6 Å². The molecule has 1 aromatic carbocycles. The summed E-state index contributed by atoms with van der Waals surface area (Å²) < 4.78 is 20.8. The van der Waals surface area contributed by atoms with Crippen molar-refractivity contribution >= 4 is 23.3 Å². The monoisotopic (exact) mass is 421 g/mol. The SMILES string of the molecule is C=C(Cl)CO/N=C(\C)c1cccc(Oc2nc(OC)cc(OC)n2)c1C(=O)OC. The maximum absolute atomic E-state index is 12.5. The van der Waals surface area contributed by atoms with Crippen LogP contribution >= 0.6 is 11.6 Å². The first-order chi connectivity index (χ1) is 13.9. The molecule has 2 aromatic rings. The quantitative estimate of drug-likeness (QED) is 0.344. The molecule has 9 nitrogen and oxygen atoms in total. The van der Waals surface area contributed by atoms with Crippen LogP contribution in [0.5, 0.6) is 23.5 Å². The zero-order valence-electron chi connectivity index (χ0n) is 16.4. The standard InChI is InChI=1S/C19H20ClN3O6/c1-11(20)10-28-23-12(2)13-7-6-8-14(17(13)18(24)27-5)29-19-21-15(25-3)9-16(22-19)26-4/h6-9H,1,10H2,2-5H3/b23-12+. The lowest BCUT2D eigenvalue weighted by Gasteiger charge is -2.13. The number of esters is 1. The van der Waals surface area contributed by atoms with Crippen LogP contribution in [-0.2, 0) is 9.57 Å². The number of benzene rings is 1. The topological polar surface area (TPSA) is 101 Å². The van der Waals surface area contributed by atoms with Crippen LogP contribution in [0, 0.1) is 0 Å². The number of methoxy groups -OCH3 is 3. The Morgan fingerprint density at radius 2 is 1.83 bits per heavy atom. The van der Waals surface area contributed by atoms with Gasteiger partial charge >= 0.3 is 12.0 Å². The van der Waals surface area contributed by atoms with Gasteiger partial charge in [0, 0.05) is 5.56 Å². The predicted octanol–water partition coefficient (Wildman–Crippen LogP) is 3.57. The van der Waals surface area contributed by atoms with Crippen molar-refractivity contribution in [1.82, 2.24) is 9.97 Å². The summed E-state index contributed by atoms with van der Waals surface area (Å²) in [6.07, 6.45) is 0. The number of carbonyl (C=O) groups is 1. The summed E-state index contributed by atoms with van der Waals surface area (Å²) in [5, 5.41) is 4.24. The lowest BCUT2D eigenvalue weighted by atomic mass is 10.0. The lowest BCUT2D eigenvalue weighted by molar-refractivity contribution is 0.0597. The Bertz CT molecular complexity index is 910. The molecule has 1 heterocycles. The van der Waals surface area contributed by atoms with Gasteiger partial charge in [0.15, 0.2) is 6.61 Å². The van der Waals surface area contributed by atoms with E-state index in [4.69, 9.17) is 35.4 Å². The van der Waals surface area contributed by atoms with Crippen LogP contribution in [0.4, 0.5) is 0 Å². The van der Waals surface area contributed by atoms with Crippen LogP contribution in [0.25, 0.3) is 0 Å². The third kappa shape index (κ3) is 5.82. The molecule has 0 saturated carbocycles. The molecule has 0 saturated heterocycles. The summed E-state index contributed by atoms with van der Waals surface area (Å²) in [6, 6.07) is 6.33. The number of aromatic nitrogens is 2. The first-order valence-electron chi connectivity index (χ1n) is 8.26. The van der Waals surface area contributed by atoms with E-state index >= 15 is 0 Å². The summed E-state index contributed by atoms with van der Waals surface area (Å²) in [7, 11) is 4.15. The van der Waals surface area contributed by atoms with Crippen LogP contribution in [0.15, 0.2) is 41.0 Å². The number of rotatable bonds is 9. The van der Waals surface area contributed by atoms with Gasteiger partial charge < -0.3 is 23.8 Å². The molecule has 0 aliphatic rings. The third-order valence-electron chi connectivity index (χ3n) is 3.51. The number of halogens is 1. The first kappa shape index (κ1) is 22.0. The number of hydrogen-bond donors (Lipinski definition) is 0. The summed E-state index contributed by atoms with van der Waals surface area (Å²) in [5.41, 5.74) is 0.956. The number of carbonyl (C=O) groups excluding carboxylic acids is 1. The van der Waals surface area contributed by atoms with Crippen molar-refractivity contribution in [1.29, 1.82) is 0 Å². The number of oxime groups is 1. The molecule has 0 bridgehead atoms. The van der Waals surface area contributed by atoms with E-state index in [1.807, 2.05) is 0 Å². The van der Waals surface area contributed by atoms with Gasteiger partial charge in [-0.15, -0.1) is 0 Å². The fraction of sp³-hybridized carbons (Fsp3) is 0.263. The average Bonchev–Trinajstić information content (AvgIpc) is 2.72. The van der Waals surface area contributed by atoms with E-state index in [1.165, 1.54) is 27.4 Å². The van der Waals surface area contributed by atoms with Crippen molar-refractivity contribution in [2.75, 3.05) is 27.9 Å². The highest BCUT2D eigenvalue weighted by Crippen LogP contribution is 2.29. The van der Waals surface area contributed by atoms with Crippen molar-refractivity contribution in [3.8, 4) is 23.5 Å². The van der Waals surface area contributed by atoms with Crippen molar-refractivity contribution in [3.63, 3.8) is 0 Å². The summed E-state index contributed by atoms with van der Waals surface area (Å²) in [5.74, 6) is -0.0205. The van der Waals surface area contributed by atoms with E-state index in [0.717, 1.165) is 0 Å². The molecule has 0 aliphatic carbocycles. The Labute approximate surface area is 172 Å². The molecule has 0 spiro atoms. The molecule has 29 heavy (non-hydrogen) atoms. The zero-order valence-corrected chi connectivity index (χ0v) is 17.1. The lowest BCUT2D eigenvalue weighted by Crippen LogP contribution is -2.12. The fourth-order valence-electron chi connectivity index (χ4n) is 2.22. The second kappa shape index (κ2) is 10.3. The molecular weight excluding hydrogens is 402 g/mol. The molecule has 0 atom stereocenters. The van der Waals surface area contributed by atoms with Gasteiger partial charge in [-0.05, 0) is 13.0 Å². The molecule has 0 aliphatic heterocycles. The van der Waals surface area contributed by atoms with E-state index in [0.29, 0.717) is 11.3 Å². The molecule has 1 aromatic heterocycles. The molecule has 0 amide bonds. The van der Waals surface area contributed by atoms with Crippen LogP contribution in [0.1, 0.15) is 22.8 Å². The Hall–Kier alpha value is -3.33. The highest BCUT2D eigenvalue weighted by molar-refractivity contribution is 6.29. The highest BCUT2D eigenvalue weighted by Gasteiger charge is 2.22. The van der Waals surface area contributed by atoms with E-state index in [-0.39, 0.29) is 40.7 Å². The number of ether oxygens (including phenoxy) is 4. The maximum Gasteiger partial charge on any atom is 0.342 e. The Morgan fingerprint density at radius 1 is 1.17 bits per heavy atom. The average molecular weight is 422 g/mol. The van der Waals surface area contributed by atoms with E-state index in [9.17, 15) is 4.79 Å². The Morgan fingerprint density at radius 3 is 2.38 bits per heavy atom. The summed E-state index contributed by atoms with van der Waals surface area (Å²) in [4.78, 5) is 25.8. The van der Waals surface area contributed by atoms with E-state index < -0.39 is 5.97 Å². The van der Waals surface area contributed by atoms with Crippen molar-refractivity contribution in [2.24, 2.45) is 5.16 Å². The minimum absolute atomic E-state index is 0.0279. The van der Waals surface area contributed by atoms with Crippen molar-refractivity contribution in [3.05, 3.63) is 47.0 Å². The second-order valence-electron chi connectivity index (χ2n) is 5.47. The molecule has 10 heteroatoms. The van der Waals surface area contributed by atoms with Gasteiger partial charge in [0.1, 0.15) is 11.3 Å². The molecular formula is C19H20ClN3O6. The molecule has 154 valence electrons. The first-order valence-corrected chi connectivity index (χ1v) is 8.63. The van der Waals surface area contributed by atoms with Crippen molar-refractivity contribution in [2.45, 2.75) is 6.92 Å². The molecule has 0 N–H and O–H groups in total. The summed E-state index contributed by atoms with van der Waals surface area (Å²) in [6.45, 7) is 5.20. The van der Waals surface area contributed by atoms with Gasteiger partial charge in [-0.1, -0.05) is 35.5 Å². The molecule has 0 radical (unpaired) electrons. The van der Waals surface area contributed by atoms with Crippen LogP contribution in [-0.4, -0.2) is 49.6 Å². The number of nitrogens with zero attached hydrogens (tertiary/aromatic N) is 3. The van der Waals surface area contributed by atoms with Crippen LogP contribution < -0.4 is 14.2 Å². The predicted molar refractivity (Wildman–Crippen MR) is 106 cm³/mol. The minimum atomic E-state index is -0.637. The summed E-state index contributed by atoms with van der Waals surface area (Å²) >= 11 is 5.66. The normalized spacial score (nSPS) is 10.9. The molecule has 0 fully saturated rings. The van der Waals surface area contributed by atoms with Gasteiger partial charge in [-0.2, -0.15) is 9.97 Å². The smallest absolute Gasteiger partial charge is 0.342 e. The maximum atomic E-state index is 12.5. The van der Waals surface area contributed by atoms with Gasteiger partial charge in [0.05, 0.1) is 38.1 Å². The largest absolute Gasteiger partial charge is 0.481 e. The fourth-order valence-corrected chi connectivity index (χ4v) is 2.26. The molecule has 0 unspecified atom stereocenters. The highest BCUT2D eigenvalue weighted by atomic mass is 35.5. The zero-order chi connectivity index (χ0) is 21.4. The van der Waals surface area contributed by atoms with Crippen LogP contribution in [0.3, 0.4) is 0 Å².